The highest BCUT2D eigenvalue weighted by molar-refractivity contribution is 7.09. The smallest absolute Gasteiger partial charge is 0.392 e. The SMILES string of the molecule is O=C(NCCc1nc(C(F)(F)F)cs1)C1CCCC1O. The van der Waals surface area contributed by atoms with E-state index in [1.807, 2.05) is 0 Å². The Hall–Kier alpha value is -1.15. The van der Waals surface area contributed by atoms with Crippen LogP contribution in [0.1, 0.15) is 30.0 Å². The largest absolute Gasteiger partial charge is 0.434 e. The molecule has 4 nitrogen and oxygen atoms in total. The number of thiazole rings is 1. The molecular formula is C12H15F3N2O2S. The lowest BCUT2D eigenvalue weighted by atomic mass is 10.1. The summed E-state index contributed by atoms with van der Waals surface area (Å²) in [5.74, 6) is -0.625. The third-order valence-corrected chi connectivity index (χ3v) is 4.21. The number of alkyl halides is 3. The lowest BCUT2D eigenvalue weighted by Crippen LogP contribution is -2.35. The molecule has 0 bridgehead atoms. The first-order valence-electron chi connectivity index (χ1n) is 6.35. The highest BCUT2D eigenvalue weighted by atomic mass is 32.1. The van der Waals surface area contributed by atoms with Gasteiger partial charge in [-0.25, -0.2) is 4.98 Å². The molecule has 1 amide bonds. The molecule has 2 unspecified atom stereocenters. The quantitative estimate of drug-likeness (QED) is 0.894. The van der Waals surface area contributed by atoms with E-state index in [1.165, 1.54) is 0 Å². The molecule has 0 saturated heterocycles. The highest BCUT2D eigenvalue weighted by Gasteiger charge is 2.34. The Morgan fingerprint density at radius 2 is 2.25 bits per heavy atom. The van der Waals surface area contributed by atoms with Crippen LogP contribution in [0.2, 0.25) is 0 Å². The van der Waals surface area contributed by atoms with Crippen molar-refractivity contribution in [2.24, 2.45) is 5.92 Å². The van der Waals surface area contributed by atoms with Gasteiger partial charge in [-0.15, -0.1) is 11.3 Å². The van der Waals surface area contributed by atoms with Crippen LogP contribution in [0.3, 0.4) is 0 Å². The fraction of sp³-hybridized carbons (Fsp3) is 0.667. The summed E-state index contributed by atoms with van der Waals surface area (Å²) in [5.41, 5.74) is -0.893. The average Bonchev–Trinajstić information content (AvgIpc) is 2.97. The molecule has 2 rings (SSSR count). The topological polar surface area (TPSA) is 62.2 Å². The van der Waals surface area contributed by atoms with E-state index in [9.17, 15) is 23.1 Å². The van der Waals surface area contributed by atoms with Crippen molar-refractivity contribution in [1.82, 2.24) is 10.3 Å². The van der Waals surface area contributed by atoms with E-state index in [2.05, 4.69) is 10.3 Å². The second kappa shape index (κ2) is 6.09. The molecule has 0 aromatic carbocycles. The molecule has 1 saturated carbocycles. The van der Waals surface area contributed by atoms with Crippen LogP contribution in [0.25, 0.3) is 0 Å². The monoisotopic (exact) mass is 308 g/mol. The number of carbonyl (C=O) groups excluding carboxylic acids is 1. The third-order valence-electron chi connectivity index (χ3n) is 3.30. The van der Waals surface area contributed by atoms with Gasteiger partial charge in [0.2, 0.25) is 5.91 Å². The normalized spacial score (nSPS) is 23.0. The van der Waals surface area contributed by atoms with Crippen LogP contribution in [0.4, 0.5) is 13.2 Å². The van der Waals surface area contributed by atoms with Gasteiger partial charge in [0.1, 0.15) is 0 Å². The van der Waals surface area contributed by atoms with Gasteiger partial charge in [-0.3, -0.25) is 4.79 Å². The number of aliphatic hydroxyl groups is 1. The van der Waals surface area contributed by atoms with E-state index in [0.717, 1.165) is 23.1 Å². The summed E-state index contributed by atoms with van der Waals surface area (Å²) in [6.45, 7) is 0.229. The van der Waals surface area contributed by atoms with Crippen molar-refractivity contribution in [3.05, 3.63) is 16.1 Å². The zero-order chi connectivity index (χ0) is 14.8. The maximum absolute atomic E-state index is 12.3. The summed E-state index contributed by atoms with van der Waals surface area (Å²) in [4.78, 5) is 15.2. The maximum atomic E-state index is 12.3. The summed E-state index contributed by atoms with van der Waals surface area (Å²) >= 11 is 0.929. The number of hydrogen-bond donors (Lipinski definition) is 2. The average molecular weight is 308 g/mol. The molecule has 1 aromatic rings. The number of hydrogen-bond acceptors (Lipinski definition) is 4. The van der Waals surface area contributed by atoms with Gasteiger partial charge in [-0.1, -0.05) is 0 Å². The van der Waals surface area contributed by atoms with Crippen molar-refractivity contribution in [2.45, 2.75) is 38.0 Å². The van der Waals surface area contributed by atoms with E-state index in [1.54, 1.807) is 0 Å². The molecule has 1 fully saturated rings. The molecule has 2 atom stereocenters. The summed E-state index contributed by atoms with van der Waals surface area (Å²) in [7, 11) is 0. The number of halogens is 3. The molecule has 0 aliphatic heterocycles. The van der Waals surface area contributed by atoms with Crippen molar-refractivity contribution >= 4 is 17.2 Å². The van der Waals surface area contributed by atoms with E-state index >= 15 is 0 Å². The van der Waals surface area contributed by atoms with Crippen molar-refractivity contribution in [2.75, 3.05) is 6.54 Å². The standard InChI is InChI=1S/C12H15F3N2O2S/c13-12(14,15)9-6-20-10(17-9)4-5-16-11(19)7-2-1-3-8(7)18/h6-8,18H,1-5H2,(H,16,19). The Balaban J connectivity index is 1.78. The second-order valence-electron chi connectivity index (χ2n) is 4.77. The van der Waals surface area contributed by atoms with Crippen LogP contribution < -0.4 is 5.32 Å². The fourth-order valence-electron chi connectivity index (χ4n) is 2.23. The first-order chi connectivity index (χ1) is 9.38. The Morgan fingerprint density at radius 1 is 1.50 bits per heavy atom. The minimum Gasteiger partial charge on any atom is -0.392 e. The molecular weight excluding hydrogens is 293 g/mol. The first kappa shape index (κ1) is 15.2. The van der Waals surface area contributed by atoms with Crippen molar-refractivity contribution in [3.8, 4) is 0 Å². The predicted octanol–water partition coefficient (Wildman–Crippen LogP) is 1.98. The van der Waals surface area contributed by atoms with Crippen molar-refractivity contribution in [1.29, 1.82) is 0 Å². The van der Waals surface area contributed by atoms with Crippen LogP contribution in [0.15, 0.2) is 5.38 Å². The van der Waals surface area contributed by atoms with Gasteiger partial charge in [0.15, 0.2) is 5.69 Å². The summed E-state index contributed by atoms with van der Waals surface area (Å²) in [6.07, 6.45) is -2.67. The van der Waals surface area contributed by atoms with Crippen LogP contribution in [0.5, 0.6) is 0 Å². The van der Waals surface area contributed by atoms with Crippen LogP contribution in [-0.4, -0.2) is 28.6 Å². The molecule has 1 aliphatic rings. The minimum atomic E-state index is -4.42. The number of amides is 1. The van der Waals surface area contributed by atoms with Gasteiger partial charge in [0.05, 0.1) is 17.0 Å². The zero-order valence-electron chi connectivity index (χ0n) is 10.6. The number of nitrogens with zero attached hydrogens (tertiary/aromatic N) is 1. The van der Waals surface area contributed by atoms with Gasteiger partial charge in [-0.05, 0) is 19.3 Å². The van der Waals surface area contributed by atoms with Gasteiger partial charge >= 0.3 is 6.18 Å². The Labute approximate surface area is 118 Å². The Bertz CT molecular complexity index is 476. The molecule has 112 valence electrons. The van der Waals surface area contributed by atoms with E-state index in [4.69, 9.17) is 0 Å². The van der Waals surface area contributed by atoms with E-state index in [0.29, 0.717) is 17.8 Å². The maximum Gasteiger partial charge on any atom is 0.434 e. The summed E-state index contributed by atoms with van der Waals surface area (Å²) < 4.78 is 37.0. The molecule has 20 heavy (non-hydrogen) atoms. The van der Waals surface area contributed by atoms with E-state index in [-0.39, 0.29) is 18.9 Å². The number of aliphatic hydroxyl groups excluding tert-OH is 1. The fourth-order valence-corrected chi connectivity index (χ4v) is 3.03. The van der Waals surface area contributed by atoms with Gasteiger partial charge < -0.3 is 10.4 Å². The Kier molecular flexibility index (Phi) is 4.64. The van der Waals surface area contributed by atoms with Crippen LogP contribution in [-0.2, 0) is 17.4 Å². The van der Waals surface area contributed by atoms with Gasteiger partial charge in [-0.2, -0.15) is 13.2 Å². The summed E-state index contributed by atoms with van der Waals surface area (Å²) in [6, 6.07) is 0. The molecule has 8 heteroatoms. The lowest BCUT2D eigenvalue weighted by molar-refractivity contribution is -0.140. The Morgan fingerprint density at radius 3 is 2.80 bits per heavy atom. The number of rotatable bonds is 4. The number of nitrogens with one attached hydrogen (secondary N) is 1. The molecule has 0 spiro atoms. The first-order valence-corrected chi connectivity index (χ1v) is 7.23. The second-order valence-corrected chi connectivity index (χ2v) is 5.71. The van der Waals surface area contributed by atoms with Crippen molar-refractivity contribution < 1.29 is 23.1 Å². The molecule has 1 heterocycles. The summed E-state index contributed by atoms with van der Waals surface area (Å²) in [5, 5.41) is 13.5. The number of carbonyl (C=O) groups is 1. The third kappa shape index (κ3) is 3.69. The van der Waals surface area contributed by atoms with Gasteiger partial charge in [0, 0.05) is 18.3 Å². The minimum absolute atomic E-state index is 0.229. The molecule has 1 aromatic heterocycles. The van der Waals surface area contributed by atoms with Gasteiger partial charge in [0.25, 0.3) is 0 Å². The lowest BCUT2D eigenvalue weighted by Gasteiger charge is -2.13. The number of aromatic nitrogens is 1. The van der Waals surface area contributed by atoms with E-state index < -0.39 is 23.9 Å². The van der Waals surface area contributed by atoms with Crippen molar-refractivity contribution in [3.63, 3.8) is 0 Å². The highest BCUT2D eigenvalue weighted by Crippen LogP contribution is 2.30. The van der Waals surface area contributed by atoms with Crippen LogP contribution >= 0.6 is 11.3 Å². The zero-order valence-corrected chi connectivity index (χ0v) is 11.4. The molecule has 0 radical (unpaired) electrons. The molecule has 1 aliphatic carbocycles. The predicted molar refractivity (Wildman–Crippen MR) is 67.2 cm³/mol. The van der Waals surface area contributed by atoms with Crippen LogP contribution in [0, 0.1) is 5.92 Å². The molecule has 2 N–H and O–H groups in total.